The number of aromatic nitrogens is 2. The van der Waals surface area contributed by atoms with Gasteiger partial charge in [0, 0.05) is 24.2 Å². The maximum atomic E-state index is 12.2. The maximum Gasteiger partial charge on any atom is 0.267 e. The molecule has 1 amide bonds. The number of halogens is 1. The summed E-state index contributed by atoms with van der Waals surface area (Å²) < 4.78 is 1.18. The van der Waals surface area contributed by atoms with Crippen molar-refractivity contribution in [3.8, 4) is 11.3 Å². The normalized spacial score (nSPS) is 11.7. The fourth-order valence-corrected chi connectivity index (χ4v) is 2.52. The van der Waals surface area contributed by atoms with Gasteiger partial charge in [-0.05, 0) is 18.4 Å². The molecule has 1 heterocycles. The van der Waals surface area contributed by atoms with Gasteiger partial charge in [0.25, 0.3) is 5.56 Å². The topological polar surface area (TPSA) is 90.0 Å². The summed E-state index contributed by atoms with van der Waals surface area (Å²) in [4.78, 5) is 24.2. The molecule has 3 N–H and O–H groups in total. The minimum absolute atomic E-state index is 0. The van der Waals surface area contributed by atoms with E-state index in [1.165, 1.54) is 10.7 Å². The van der Waals surface area contributed by atoms with E-state index in [4.69, 9.17) is 5.73 Å². The van der Waals surface area contributed by atoms with E-state index in [-0.39, 0.29) is 36.5 Å². The number of carbonyl (C=O) groups excluding carboxylic acids is 1. The first kappa shape index (κ1) is 20.9. The lowest BCUT2D eigenvalue weighted by Gasteiger charge is -2.19. The third-order valence-corrected chi connectivity index (χ3v) is 3.64. The van der Waals surface area contributed by atoms with E-state index in [2.05, 4.69) is 24.3 Å². The van der Waals surface area contributed by atoms with Gasteiger partial charge in [0.15, 0.2) is 0 Å². The molecule has 0 aliphatic carbocycles. The van der Waals surface area contributed by atoms with Gasteiger partial charge in [-0.1, -0.05) is 44.2 Å². The van der Waals surface area contributed by atoms with Crippen molar-refractivity contribution < 1.29 is 4.79 Å². The Kier molecular flexibility index (Phi) is 8.31. The first-order valence-electron chi connectivity index (χ1n) is 8.12. The van der Waals surface area contributed by atoms with Gasteiger partial charge in [0.2, 0.25) is 5.91 Å². The van der Waals surface area contributed by atoms with Gasteiger partial charge in [-0.15, -0.1) is 12.4 Å². The SMILES string of the molecule is CC(C)CC(CN)NC(=O)Cn1nc(-c2ccccc2)ccc1=O.Cl. The van der Waals surface area contributed by atoms with E-state index in [1.807, 2.05) is 30.3 Å². The number of hydrogen-bond acceptors (Lipinski definition) is 4. The number of nitrogens with one attached hydrogen (secondary N) is 1. The van der Waals surface area contributed by atoms with Gasteiger partial charge in [-0.2, -0.15) is 5.10 Å². The van der Waals surface area contributed by atoms with Crippen LogP contribution in [-0.2, 0) is 11.3 Å². The zero-order valence-corrected chi connectivity index (χ0v) is 15.3. The molecule has 0 radical (unpaired) electrons. The molecule has 1 atom stereocenters. The summed E-state index contributed by atoms with van der Waals surface area (Å²) in [7, 11) is 0. The molecule has 0 aliphatic rings. The molecule has 1 aromatic heterocycles. The monoisotopic (exact) mass is 364 g/mol. The molecule has 1 aromatic carbocycles. The Bertz CT molecular complexity index is 731. The molecule has 0 spiro atoms. The molecule has 2 rings (SSSR count). The number of rotatable bonds is 7. The minimum atomic E-state index is -0.307. The van der Waals surface area contributed by atoms with Crippen LogP contribution in [0.25, 0.3) is 11.3 Å². The Morgan fingerprint density at radius 2 is 1.88 bits per heavy atom. The summed E-state index contributed by atoms with van der Waals surface area (Å²) in [6, 6.07) is 12.5. The second kappa shape index (κ2) is 9.96. The number of carbonyl (C=O) groups is 1. The van der Waals surface area contributed by atoms with Gasteiger partial charge < -0.3 is 11.1 Å². The summed E-state index contributed by atoms with van der Waals surface area (Å²) in [6.45, 7) is 4.40. The van der Waals surface area contributed by atoms with Crippen molar-refractivity contribution in [3.63, 3.8) is 0 Å². The Labute approximate surface area is 153 Å². The molecule has 136 valence electrons. The molecule has 25 heavy (non-hydrogen) atoms. The van der Waals surface area contributed by atoms with Gasteiger partial charge in [0.05, 0.1) is 5.69 Å². The average Bonchev–Trinajstić information content (AvgIpc) is 2.56. The highest BCUT2D eigenvalue weighted by Crippen LogP contribution is 2.13. The Morgan fingerprint density at radius 3 is 2.48 bits per heavy atom. The van der Waals surface area contributed by atoms with Crippen LogP contribution in [0.3, 0.4) is 0 Å². The fraction of sp³-hybridized carbons (Fsp3) is 0.389. The van der Waals surface area contributed by atoms with Crippen LogP contribution in [0.15, 0.2) is 47.3 Å². The van der Waals surface area contributed by atoms with Crippen molar-refractivity contribution in [3.05, 3.63) is 52.8 Å². The molecule has 0 aliphatic heterocycles. The van der Waals surface area contributed by atoms with Gasteiger partial charge >= 0.3 is 0 Å². The molecular weight excluding hydrogens is 340 g/mol. The summed E-state index contributed by atoms with van der Waals surface area (Å²) in [5.74, 6) is 0.173. The maximum absolute atomic E-state index is 12.2. The largest absolute Gasteiger partial charge is 0.350 e. The van der Waals surface area contributed by atoms with E-state index in [0.717, 1.165) is 12.0 Å². The lowest BCUT2D eigenvalue weighted by Crippen LogP contribution is -2.43. The van der Waals surface area contributed by atoms with E-state index in [1.54, 1.807) is 6.07 Å². The van der Waals surface area contributed by atoms with Crippen LogP contribution in [-0.4, -0.2) is 28.3 Å². The fourth-order valence-electron chi connectivity index (χ4n) is 2.52. The third-order valence-electron chi connectivity index (χ3n) is 3.64. The van der Waals surface area contributed by atoms with Crippen molar-refractivity contribution >= 4 is 18.3 Å². The average molecular weight is 365 g/mol. The van der Waals surface area contributed by atoms with Crippen molar-refractivity contribution in [2.75, 3.05) is 6.54 Å². The summed E-state index contributed by atoms with van der Waals surface area (Å²) >= 11 is 0. The molecule has 0 saturated carbocycles. The highest BCUT2D eigenvalue weighted by atomic mass is 35.5. The van der Waals surface area contributed by atoms with Gasteiger partial charge in [-0.25, -0.2) is 4.68 Å². The number of hydrogen-bond donors (Lipinski definition) is 2. The number of nitrogens with two attached hydrogens (primary N) is 1. The minimum Gasteiger partial charge on any atom is -0.350 e. The van der Waals surface area contributed by atoms with Crippen LogP contribution in [0.5, 0.6) is 0 Å². The van der Waals surface area contributed by atoms with Crippen molar-refractivity contribution in [1.29, 1.82) is 0 Å². The van der Waals surface area contributed by atoms with E-state index in [9.17, 15) is 9.59 Å². The highest BCUT2D eigenvalue weighted by Gasteiger charge is 2.14. The first-order chi connectivity index (χ1) is 11.5. The summed E-state index contributed by atoms with van der Waals surface area (Å²) in [5, 5.41) is 7.16. The van der Waals surface area contributed by atoms with Gasteiger partial charge in [-0.3, -0.25) is 9.59 Å². The van der Waals surface area contributed by atoms with Crippen LogP contribution in [0.1, 0.15) is 20.3 Å². The van der Waals surface area contributed by atoms with Crippen LogP contribution >= 0.6 is 12.4 Å². The third kappa shape index (κ3) is 6.32. The number of benzene rings is 1. The Hall–Kier alpha value is -2.18. The van der Waals surface area contributed by atoms with Crippen LogP contribution in [0.2, 0.25) is 0 Å². The molecular formula is C18H25ClN4O2. The van der Waals surface area contributed by atoms with Crippen molar-refractivity contribution in [2.45, 2.75) is 32.9 Å². The standard InChI is InChI=1S/C18H24N4O2.ClH/c1-13(2)10-15(11-19)20-17(23)12-22-18(24)9-8-16(21-22)14-6-4-3-5-7-14;/h3-9,13,15H,10-12,19H2,1-2H3,(H,20,23);1H. The predicted molar refractivity (Wildman–Crippen MR) is 102 cm³/mol. The first-order valence-corrected chi connectivity index (χ1v) is 8.12. The number of nitrogens with zero attached hydrogens (tertiary/aromatic N) is 2. The predicted octanol–water partition coefficient (Wildman–Crippen LogP) is 1.82. The number of amides is 1. The zero-order valence-electron chi connectivity index (χ0n) is 14.5. The van der Waals surface area contributed by atoms with E-state index >= 15 is 0 Å². The molecule has 2 aromatic rings. The van der Waals surface area contributed by atoms with Crippen LogP contribution in [0.4, 0.5) is 0 Å². The van der Waals surface area contributed by atoms with Crippen molar-refractivity contribution in [2.24, 2.45) is 11.7 Å². The molecule has 6 nitrogen and oxygen atoms in total. The smallest absolute Gasteiger partial charge is 0.267 e. The van der Waals surface area contributed by atoms with E-state index < -0.39 is 0 Å². The molecule has 0 bridgehead atoms. The van der Waals surface area contributed by atoms with E-state index in [0.29, 0.717) is 18.2 Å². The lowest BCUT2D eigenvalue weighted by atomic mass is 10.0. The molecule has 1 unspecified atom stereocenters. The second-order valence-electron chi connectivity index (χ2n) is 6.21. The van der Waals surface area contributed by atoms with Crippen molar-refractivity contribution in [1.82, 2.24) is 15.1 Å². The Morgan fingerprint density at radius 1 is 1.20 bits per heavy atom. The zero-order chi connectivity index (χ0) is 17.5. The molecule has 0 fully saturated rings. The van der Waals surface area contributed by atoms with Crippen LogP contribution < -0.4 is 16.6 Å². The summed E-state index contributed by atoms with van der Waals surface area (Å²) in [6.07, 6.45) is 0.800. The highest BCUT2D eigenvalue weighted by molar-refractivity contribution is 5.85. The summed E-state index contributed by atoms with van der Waals surface area (Å²) in [5.41, 5.74) is 6.93. The van der Waals surface area contributed by atoms with Crippen LogP contribution in [0, 0.1) is 5.92 Å². The quantitative estimate of drug-likeness (QED) is 0.784. The van der Waals surface area contributed by atoms with Gasteiger partial charge in [0.1, 0.15) is 6.54 Å². The lowest BCUT2D eigenvalue weighted by molar-refractivity contribution is -0.122. The molecule has 7 heteroatoms. The molecule has 0 saturated heterocycles. The second-order valence-corrected chi connectivity index (χ2v) is 6.21. The Balaban J connectivity index is 0.00000312.